The lowest BCUT2D eigenvalue weighted by atomic mass is 9.99. The quantitative estimate of drug-likeness (QED) is 0.482. The van der Waals surface area contributed by atoms with Crippen LogP contribution >= 0.6 is 0 Å². The van der Waals surface area contributed by atoms with Crippen molar-refractivity contribution in [1.82, 2.24) is 4.90 Å². The minimum Gasteiger partial charge on any atom is -0.372 e. The van der Waals surface area contributed by atoms with Gasteiger partial charge in [0.25, 0.3) is 0 Å². The minimum absolute atomic E-state index is 0.160. The molecule has 2 nitrogen and oxygen atoms in total. The predicted molar refractivity (Wildman–Crippen MR) is 44.6 cm³/mol. The van der Waals surface area contributed by atoms with Crippen LogP contribution in [-0.2, 0) is 4.74 Å². The third kappa shape index (κ3) is 1.33. The van der Waals surface area contributed by atoms with Crippen molar-refractivity contribution in [3.05, 3.63) is 12.2 Å². The topological polar surface area (TPSA) is 12.5 Å². The van der Waals surface area contributed by atoms with Gasteiger partial charge in [-0.05, 0) is 19.9 Å². The van der Waals surface area contributed by atoms with Crippen molar-refractivity contribution in [2.45, 2.75) is 18.4 Å². The van der Waals surface area contributed by atoms with Gasteiger partial charge in [-0.15, -0.1) is 0 Å². The van der Waals surface area contributed by atoms with Crippen LogP contribution in [0.3, 0.4) is 0 Å². The van der Waals surface area contributed by atoms with Crippen LogP contribution in [0.1, 0.15) is 12.8 Å². The van der Waals surface area contributed by atoms with Gasteiger partial charge in [0.1, 0.15) is 0 Å². The molecule has 0 saturated carbocycles. The Hall–Kier alpha value is -0.340. The number of ether oxygens (including phenoxy) is 1. The zero-order chi connectivity index (χ0) is 7.73. The molecule has 11 heavy (non-hydrogen) atoms. The minimum atomic E-state index is 0.160. The zero-order valence-electron chi connectivity index (χ0n) is 7.05. The molecule has 0 N–H and O–H groups in total. The van der Waals surface area contributed by atoms with Gasteiger partial charge in [0.05, 0.1) is 12.2 Å². The highest BCUT2D eigenvalue weighted by Crippen LogP contribution is 2.30. The highest BCUT2D eigenvalue weighted by atomic mass is 16.5. The first-order valence-electron chi connectivity index (χ1n) is 4.28. The Morgan fingerprint density at radius 3 is 2.73 bits per heavy atom. The van der Waals surface area contributed by atoms with E-state index in [0.717, 1.165) is 32.5 Å². The molecule has 62 valence electrons. The second-order valence-corrected chi connectivity index (χ2v) is 3.65. The Kier molecular flexibility index (Phi) is 1.74. The van der Waals surface area contributed by atoms with Crippen molar-refractivity contribution in [2.24, 2.45) is 0 Å². The van der Waals surface area contributed by atoms with Crippen LogP contribution in [0.4, 0.5) is 0 Å². The van der Waals surface area contributed by atoms with Gasteiger partial charge in [0.15, 0.2) is 0 Å². The lowest BCUT2D eigenvalue weighted by Gasteiger charge is -2.38. The maximum absolute atomic E-state index is 5.79. The Bertz CT molecular complexity index is 168. The van der Waals surface area contributed by atoms with Gasteiger partial charge < -0.3 is 9.64 Å². The fourth-order valence-corrected chi connectivity index (χ4v) is 1.96. The van der Waals surface area contributed by atoms with Crippen molar-refractivity contribution < 1.29 is 4.74 Å². The molecule has 0 aromatic heterocycles. The molecule has 0 aromatic carbocycles. The summed E-state index contributed by atoms with van der Waals surface area (Å²) < 4.78 is 5.79. The van der Waals surface area contributed by atoms with E-state index in [1.165, 1.54) is 0 Å². The van der Waals surface area contributed by atoms with Crippen LogP contribution in [0, 0.1) is 0 Å². The lowest BCUT2D eigenvalue weighted by molar-refractivity contribution is -0.0945. The first-order chi connectivity index (χ1) is 5.31. The molecule has 0 bridgehead atoms. The third-order valence-electron chi connectivity index (χ3n) is 2.59. The number of hydrogen-bond donors (Lipinski definition) is 0. The molecule has 2 rings (SSSR count). The van der Waals surface area contributed by atoms with Gasteiger partial charge in [0, 0.05) is 13.1 Å². The normalized spacial score (nSPS) is 29.9. The van der Waals surface area contributed by atoms with Crippen molar-refractivity contribution in [2.75, 3.05) is 26.7 Å². The summed E-state index contributed by atoms with van der Waals surface area (Å²) in [5, 5.41) is 0. The predicted octanol–water partition coefficient (Wildman–Crippen LogP) is 1.04. The molecule has 2 heteroatoms. The third-order valence-corrected chi connectivity index (χ3v) is 2.59. The van der Waals surface area contributed by atoms with Crippen molar-refractivity contribution >= 4 is 0 Å². The highest BCUT2D eigenvalue weighted by molar-refractivity contribution is 5.06. The summed E-state index contributed by atoms with van der Waals surface area (Å²) in [5.41, 5.74) is 0.160. The van der Waals surface area contributed by atoms with E-state index < -0.39 is 0 Å². The highest BCUT2D eigenvalue weighted by Gasteiger charge is 2.35. The van der Waals surface area contributed by atoms with E-state index in [2.05, 4.69) is 24.1 Å². The molecule has 1 aliphatic carbocycles. The van der Waals surface area contributed by atoms with E-state index in [-0.39, 0.29) is 5.60 Å². The van der Waals surface area contributed by atoms with Crippen LogP contribution < -0.4 is 0 Å². The number of hydrogen-bond acceptors (Lipinski definition) is 2. The Morgan fingerprint density at radius 2 is 2.09 bits per heavy atom. The van der Waals surface area contributed by atoms with E-state index >= 15 is 0 Å². The Labute approximate surface area is 67.8 Å². The molecule has 1 heterocycles. The molecular formula is C9H15NO. The smallest absolute Gasteiger partial charge is 0.0877 e. The second kappa shape index (κ2) is 2.61. The van der Waals surface area contributed by atoms with Crippen LogP contribution in [0.25, 0.3) is 0 Å². The molecule has 1 spiro atoms. The molecule has 0 aromatic rings. The van der Waals surface area contributed by atoms with Gasteiger partial charge in [0.2, 0.25) is 0 Å². The van der Waals surface area contributed by atoms with Crippen LogP contribution in [-0.4, -0.2) is 37.2 Å². The second-order valence-electron chi connectivity index (χ2n) is 3.65. The maximum Gasteiger partial charge on any atom is 0.0877 e. The molecule has 1 aliphatic heterocycles. The fraction of sp³-hybridized carbons (Fsp3) is 0.778. The van der Waals surface area contributed by atoms with Gasteiger partial charge in [-0.25, -0.2) is 0 Å². The maximum atomic E-state index is 5.79. The summed E-state index contributed by atoms with van der Waals surface area (Å²) in [6.45, 7) is 3.08. The number of nitrogens with zero attached hydrogens (tertiary/aromatic N) is 1. The summed E-state index contributed by atoms with van der Waals surface area (Å²) in [7, 11) is 2.17. The van der Waals surface area contributed by atoms with Crippen LogP contribution in [0.2, 0.25) is 0 Å². The summed E-state index contributed by atoms with van der Waals surface area (Å²) in [5.74, 6) is 0. The largest absolute Gasteiger partial charge is 0.372 e. The molecular weight excluding hydrogens is 138 g/mol. The van der Waals surface area contributed by atoms with Crippen molar-refractivity contribution in [1.29, 1.82) is 0 Å². The number of likely N-dealkylation sites (N-methyl/N-ethyl adjacent to an activating group) is 1. The van der Waals surface area contributed by atoms with Crippen LogP contribution in [0.5, 0.6) is 0 Å². The molecule has 0 unspecified atom stereocenters. The van der Waals surface area contributed by atoms with E-state index in [9.17, 15) is 0 Å². The molecule has 0 atom stereocenters. The van der Waals surface area contributed by atoms with E-state index in [1.807, 2.05) is 0 Å². The van der Waals surface area contributed by atoms with Gasteiger partial charge in [-0.2, -0.15) is 0 Å². The molecule has 1 saturated heterocycles. The summed E-state index contributed by atoms with van der Waals surface area (Å²) in [4.78, 5) is 2.36. The molecule has 0 amide bonds. The lowest BCUT2D eigenvalue weighted by Crippen LogP contribution is -2.48. The average Bonchev–Trinajstić information content (AvgIpc) is 2.37. The van der Waals surface area contributed by atoms with Gasteiger partial charge >= 0.3 is 0 Å². The number of rotatable bonds is 0. The summed E-state index contributed by atoms with van der Waals surface area (Å²) in [6, 6.07) is 0. The standard InChI is InChI=1S/C9H15NO/c1-10-6-7-11-9(8-10)4-2-3-5-9/h2-3H,4-8H2,1H3. The number of morpholine rings is 1. The van der Waals surface area contributed by atoms with E-state index in [0.29, 0.717) is 0 Å². The molecule has 0 radical (unpaired) electrons. The Balaban J connectivity index is 2.02. The van der Waals surface area contributed by atoms with E-state index in [4.69, 9.17) is 4.74 Å². The SMILES string of the molecule is CN1CCOC2(CC=CC2)C1. The zero-order valence-corrected chi connectivity index (χ0v) is 7.05. The first kappa shape index (κ1) is 7.32. The average molecular weight is 153 g/mol. The van der Waals surface area contributed by atoms with Crippen molar-refractivity contribution in [3.63, 3.8) is 0 Å². The first-order valence-corrected chi connectivity index (χ1v) is 4.28. The van der Waals surface area contributed by atoms with Crippen LogP contribution in [0.15, 0.2) is 12.2 Å². The van der Waals surface area contributed by atoms with E-state index in [1.54, 1.807) is 0 Å². The summed E-state index contributed by atoms with van der Waals surface area (Å²) >= 11 is 0. The monoisotopic (exact) mass is 153 g/mol. The molecule has 2 aliphatic rings. The summed E-state index contributed by atoms with van der Waals surface area (Å²) in [6.07, 6.45) is 6.69. The fourth-order valence-electron chi connectivity index (χ4n) is 1.96. The molecule has 1 fully saturated rings. The van der Waals surface area contributed by atoms with Crippen molar-refractivity contribution in [3.8, 4) is 0 Å². The Morgan fingerprint density at radius 1 is 1.36 bits per heavy atom. The van der Waals surface area contributed by atoms with Gasteiger partial charge in [-0.1, -0.05) is 12.2 Å². The van der Waals surface area contributed by atoms with Gasteiger partial charge in [-0.3, -0.25) is 0 Å².